The number of ether oxygens (including phenoxy) is 2. The van der Waals surface area contributed by atoms with E-state index in [1.807, 2.05) is 31.2 Å². The molecular weight excluding hydrogens is 321 g/mol. The molecule has 0 aromatic heterocycles. The summed E-state index contributed by atoms with van der Waals surface area (Å²) in [6.07, 6.45) is 1.34. The first-order chi connectivity index (χ1) is 12.2. The summed E-state index contributed by atoms with van der Waals surface area (Å²) >= 11 is 0. The predicted molar refractivity (Wildman–Crippen MR) is 95.4 cm³/mol. The van der Waals surface area contributed by atoms with Gasteiger partial charge in [0, 0.05) is 6.54 Å². The van der Waals surface area contributed by atoms with Gasteiger partial charge in [-0.2, -0.15) is 0 Å². The van der Waals surface area contributed by atoms with Crippen molar-refractivity contribution in [3.05, 3.63) is 59.9 Å². The van der Waals surface area contributed by atoms with Crippen molar-refractivity contribution in [3.8, 4) is 11.5 Å². The highest BCUT2D eigenvalue weighted by atomic mass is 19.1. The van der Waals surface area contributed by atoms with Gasteiger partial charge >= 0.3 is 0 Å². The number of carbonyl (C=O) groups is 1. The van der Waals surface area contributed by atoms with Crippen molar-refractivity contribution in [3.63, 3.8) is 0 Å². The Labute approximate surface area is 148 Å². The van der Waals surface area contributed by atoms with Crippen molar-refractivity contribution >= 4 is 5.91 Å². The first kappa shape index (κ1) is 18.8. The van der Waals surface area contributed by atoms with Gasteiger partial charge < -0.3 is 14.8 Å². The number of amides is 1. The summed E-state index contributed by atoms with van der Waals surface area (Å²) in [7, 11) is 1.65. The zero-order valence-corrected chi connectivity index (χ0v) is 14.6. The van der Waals surface area contributed by atoms with E-state index in [4.69, 9.17) is 9.47 Å². The lowest BCUT2D eigenvalue weighted by atomic mass is 10.1. The highest BCUT2D eigenvalue weighted by molar-refractivity contribution is 5.81. The van der Waals surface area contributed by atoms with Gasteiger partial charge in [-0.1, -0.05) is 37.3 Å². The molecule has 1 amide bonds. The molecule has 4 nitrogen and oxygen atoms in total. The standard InChI is InChI=1S/C20H24FNO3/c1-3-17(25-19-13-7-5-11-16(19)21)20(23)22-14-8-10-15-9-4-6-12-18(15)24-2/h4-7,9,11-13,17H,3,8,10,14H2,1-2H3,(H,22,23)/t17-/m1/s1. The van der Waals surface area contributed by atoms with Gasteiger partial charge in [0.05, 0.1) is 7.11 Å². The molecule has 0 spiro atoms. The van der Waals surface area contributed by atoms with E-state index in [1.165, 1.54) is 12.1 Å². The molecule has 0 heterocycles. The first-order valence-electron chi connectivity index (χ1n) is 8.46. The molecule has 1 atom stereocenters. The quantitative estimate of drug-likeness (QED) is 0.704. The molecule has 0 aliphatic rings. The lowest BCUT2D eigenvalue weighted by Gasteiger charge is -2.17. The summed E-state index contributed by atoms with van der Waals surface area (Å²) < 4.78 is 24.5. The molecule has 0 saturated carbocycles. The van der Waals surface area contributed by atoms with Crippen molar-refractivity contribution < 1.29 is 18.7 Å². The van der Waals surface area contributed by atoms with Crippen LogP contribution in [0.1, 0.15) is 25.3 Å². The summed E-state index contributed by atoms with van der Waals surface area (Å²) in [5.74, 6) is 0.248. The van der Waals surface area contributed by atoms with Crippen molar-refractivity contribution in [1.29, 1.82) is 0 Å². The third kappa shape index (κ3) is 5.48. The minimum Gasteiger partial charge on any atom is -0.496 e. The molecule has 2 aromatic carbocycles. The summed E-state index contributed by atoms with van der Waals surface area (Å²) in [5.41, 5.74) is 1.11. The molecule has 0 aliphatic carbocycles. The molecule has 1 N–H and O–H groups in total. The summed E-state index contributed by atoms with van der Waals surface area (Å²) in [6, 6.07) is 13.9. The Balaban J connectivity index is 1.81. The molecule has 2 aromatic rings. The monoisotopic (exact) mass is 345 g/mol. The SMILES string of the molecule is CC[C@@H](Oc1ccccc1F)C(=O)NCCCc1ccccc1OC. The van der Waals surface area contributed by atoms with Crippen LogP contribution in [-0.2, 0) is 11.2 Å². The van der Waals surface area contributed by atoms with E-state index in [0.717, 1.165) is 24.2 Å². The number of benzene rings is 2. The zero-order chi connectivity index (χ0) is 18.1. The Morgan fingerprint density at radius 2 is 1.80 bits per heavy atom. The molecule has 134 valence electrons. The number of rotatable bonds is 9. The van der Waals surface area contributed by atoms with Crippen LogP contribution in [0.5, 0.6) is 11.5 Å². The van der Waals surface area contributed by atoms with Crippen LogP contribution >= 0.6 is 0 Å². The second kappa shape index (κ2) is 9.67. The fourth-order valence-electron chi connectivity index (χ4n) is 2.53. The molecule has 0 bridgehead atoms. The highest BCUT2D eigenvalue weighted by Gasteiger charge is 2.19. The Morgan fingerprint density at radius 3 is 2.48 bits per heavy atom. The van der Waals surface area contributed by atoms with E-state index in [9.17, 15) is 9.18 Å². The van der Waals surface area contributed by atoms with Gasteiger partial charge in [0.25, 0.3) is 5.91 Å². The average molecular weight is 345 g/mol. The van der Waals surface area contributed by atoms with Crippen LogP contribution in [0.3, 0.4) is 0 Å². The number of para-hydroxylation sites is 2. The molecule has 25 heavy (non-hydrogen) atoms. The number of halogens is 1. The smallest absolute Gasteiger partial charge is 0.261 e. The third-order valence-corrected chi connectivity index (χ3v) is 3.88. The number of nitrogens with one attached hydrogen (secondary N) is 1. The van der Waals surface area contributed by atoms with Crippen LogP contribution in [-0.4, -0.2) is 25.7 Å². The van der Waals surface area contributed by atoms with E-state index >= 15 is 0 Å². The lowest BCUT2D eigenvalue weighted by molar-refractivity contribution is -0.128. The highest BCUT2D eigenvalue weighted by Crippen LogP contribution is 2.19. The summed E-state index contributed by atoms with van der Waals surface area (Å²) in [4.78, 5) is 12.2. The largest absolute Gasteiger partial charge is 0.496 e. The van der Waals surface area contributed by atoms with E-state index in [2.05, 4.69) is 5.32 Å². The molecule has 0 saturated heterocycles. The number of hydrogen-bond donors (Lipinski definition) is 1. The van der Waals surface area contributed by atoms with Crippen LogP contribution in [0, 0.1) is 5.82 Å². The van der Waals surface area contributed by atoms with Gasteiger partial charge in [-0.05, 0) is 43.0 Å². The van der Waals surface area contributed by atoms with Crippen molar-refractivity contribution in [2.45, 2.75) is 32.3 Å². The number of aryl methyl sites for hydroxylation is 1. The maximum Gasteiger partial charge on any atom is 0.261 e. The van der Waals surface area contributed by atoms with Crippen molar-refractivity contribution in [1.82, 2.24) is 5.32 Å². The van der Waals surface area contributed by atoms with E-state index in [0.29, 0.717) is 13.0 Å². The Kier molecular flexibility index (Phi) is 7.26. The van der Waals surface area contributed by atoms with Crippen LogP contribution in [0.4, 0.5) is 4.39 Å². The van der Waals surface area contributed by atoms with Gasteiger partial charge in [0.2, 0.25) is 0 Å². The normalized spacial score (nSPS) is 11.6. The lowest BCUT2D eigenvalue weighted by Crippen LogP contribution is -2.38. The average Bonchev–Trinajstić information content (AvgIpc) is 2.64. The first-order valence-corrected chi connectivity index (χ1v) is 8.46. The van der Waals surface area contributed by atoms with Crippen LogP contribution < -0.4 is 14.8 Å². The zero-order valence-electron chi connectivity index (χ0n) is 14.6. The molecular formula is C20H24FNO3. The Hall–Kier alpha value is -2.56. The predicted octanol–water partition coefficient (Wildman–Crippen LogP) is 3.74. The fraction of sp³-hybridized carbons (Fsp3) is 0.350. The number of carbonyl (C=O) groups excluding carboxylic acids is 1. The minimum atomic E-state index is -0.705. The van der Waals surface area contributed by atoms with E-state index in [1.54, 1.807) is 19.2 Å². The molecule has 0 radical (unpaired) electrons. The summed E-state index contributed by atoms with van der Waals surface area (Å²) in [6.45, 7) is 2.36. The topological polar surface area (TPSA) is 47.6 Å². The maximum atomic E-state index is 13.6. The molecule has 0 aliphatic heterocycles. The second-order valence-corrected chi connectivity index (χ2v) is 5.65. The van der Waals surface area contributed by atoms with Crippen molar-refractivity contribution in [2.75, 3.05) is 13.7 Å². The fourth-order valence-corrected chi connectivity index (χ4v) is 2.53. The summed E-state index contributed by atoms with van der Waals surface area (Å²) in [5, 5.41) is 2.85. The molecule has 2 rings (SSSR count). The maximum absolute atomic E-state index is 13.6. The second-order valence-electron chi connectivity index (χ2n) is 5.65. The number of methoxy groups -OCH3 is 1. The Morgan fingerprint density at radius 1 is 1.12 bits per heavy atom. The third-order valence-electron chi connectivity index (χ3n) is 3.88. The van der Waals surface area contributed by atoms with E-state index in [-0.39, 0.29) is 11.7 Å². The van der Waals surface area contributed by atoms with Gasteiger partial charge in [-0.25, -0.2) is 4.39 Å². The molecule has 5 heteroatoms. The van der Waals surface area contributed by atoms with Gasteiger partial charge in [-0.15, -0.1) is 0 Å². The van der Waals surface area contributed by atoms with Crippen molar-refractivity contribution in [2.24, 2.45) is 0 Å². The molecule has 0 unspecified atom stereocenters. The van der Waals surface area contributed by atoms with Gasteiger partial charge in [0.1, 0.15) is 5.75 Å². The minimum absolute atomic E-state index is 0.0959. The molecule has 0 fully saturated rings. The van der Waals surface area contributed by atoms with Crippen LogP contribution in [0.25, 0.3) is 0 Å². The Bertz CT molecular complexity index is 690. The van der Waals surface area contributed by atoms with E-state index < -0.39 is 11.9 Å². The van der Waals surface area contributed by atoms with Gasteiger partial charge in [-0.3, -0.25) is 4.79 Å². The van der Waals surface area contributed by atoms with Gasteiger partial charge in [0.15, 0.2) is 17.7 Å². The van der Waals surface area contributed by atoms with Crippen LogP contribution in [0.2, 0.25) is 0 Å². The number of hydrogen-bond acceptors (Lipinski definition) is 3. The van der Waals surface area contributed by atoms with Crippen LogP contribution in [0.15, 0.2) is 48.5 Å².